The molecule has 78 valence electrons. The Balaban J connectivity index is 3.11. The average molecular weight is 205 g/mol. The summed E-state index contributed by atoms with van der Waals surface area (Å²) in [6.45, 7) is 3.99. The standard InChI is InChI=1S/C9H19NO2S/c1-8(7-13-2)6-10-5-3-4-9(11)12/h8,10H,3-7H2,1-2H3,(H,11,12). The molecule has 4 heteroatoms. The van der Waals surface area contributed by atoms with E-state index in [9.17, 15) is 4.79 Å². The summed E-state index contributed by atoms with van der Waals surface area (Å²) in [6.07, 6.45) is 3.09. The van der Waals surface area contributed by atoms with Gasteiger partial charge in [0, 0.05) is 6.42 Å². The van der Waals surface area contributed by atoms with Crippen LogP contribution in [0.15, 0.2) is 0 Å². The lowest BCUT2D eigenvalue weighted by molar-refractivity contribution is -0.137. The molecule has 1 unspecified atom stereocenters. The minimum Gasteiger partial charge on any atom is -0.481 e. The third kappa shape index (κ3) is 9.70. The first-order valence-electron chi connectivity index (χ1n) is 4.58. The van der Waals surface area contributed by atoms with Gasteiger partial charge in [-0.3, -0.25) is 4.79 Å². The first-order valence-corrected chi connectivity index (χ1v) is 5.97. The number of rotatable bonds is 8. The second-order valence-electron chi connectivity index (χ2n) is 3.26. The molecule has 0 aromatic heterocycles. The van der Waals surface area contributed by atoms with Crippen LogP contribution in [0.3, 0.4) is 0 Å². The Morgan fingerprint density at radius 3 is 2.85 bits per heavy atom. The molecule has 0 spiro atoms. The lowest BCUT2D eigenvalue weighted by Gasteiger charge is -2.10. The van der Waals surface area contributed by atoms with Crippen molar-refractivity contribution in [2.45, 2.75) is 19.8 Å². The Bertz CT molecular complexity index is 142. The third-order valence-electron chi connectivity index (χ3n) is 1.69. The van der Waals surface area contributed by atoms with E-state index in [-0.39, 0.29) is 6.42 Å². The first kappa shape index (κ1) is 12.8. The summed E-state index contributed by atoms with van der Waals surface area (Å²) < 4.78 is 0. The lowest BCUT2D eigenvalue weighted by atomic mass is 10.2. The Kier molecular flexibility index (Phi) is 8.24. The number of carbonyl (C=O) groups is 1. The van der Waals surface area contributed by atoms with Gasteiger partial charge in [0.2, 0.25) is 0 Å². The highest BCUT2D eigenvalue weighted by Gasteiger charge is 2.00. The number of nitrogens with one attached hydrogen (secondary N) is 1. The van der Waals surface area contributed by atoms with Crippen LogP contribution in [0, 0.1) is 5.92 Å². The number of carboxylic acid groups (broad SMARTS) is 1. The topological polar surface area (TPSA) is 49.3 Å². The predicted molar refractivity (Wildman–Crippen MR) is 57.3 cm³/mol. The average Bonchev–Trinajstić information content (AvgIpc) is 2.03. The van der Waals surface area contributed by atoms with E-state index in [2.05, 4.69) is 18.5 Å². The summed E-state index contributed by atoms with van der Waals surface area (Å²) in [5, 5.41) is 11.6. The molecular weight excluding hydrogens is 186 g/mol. The van der Waals surface area contributed by atoms with E-state index in [1.807, 2.05) is 11.8 Å². The summed E-state index contributed by atoms with van der Waals surface area (Å²) in [4.78, 5) is 10.2. The van der Waals surface area contributed by atoms with Gasteiger partial charge in [-0.15, -0.1) is 0 Å². The van der Waals surface area contributed by atoms with Gasteiger partial charge in [0.15, 0.2) is 0 Å². The monoisotopic (exact) mass is 205 g/mol. The Morgan fingerprint density at radius 1 is 1.62 bits per heavy atom. The minimum atomic E-state index is -0.709. The molecule has 0 saturated carbocycles. The van der Waals surface area contributed by atoms with Gasteiger partial charge in [0.05, 0.1) is 0 Å². The summed E-state index contributed by atoms with van der Waals surface area (Å²) in [6, 6.07) is 0. The molecular formula is C9H19NO2S. The van der Waals surface area contributed by atoms with Crippen molar-refractivity contribution >= 4 is 17.7 Å². The molecule has 3 nitrogen and oxygen atoms in total. The van der Waals surface area contributed by atoms with E-state index >= 15 is 0 Å². The van der Waals surface area contributed by atoms with Gasteiger partial charge in [0.25, 0.3) is 0 Å². The van der Waals surface area contributed by atoms with Crippen LogP contribution in [0.2, 0.25) is 0 Å². The quantitative estimate of drug-likeness (QED) is 0.589. The van der Waals surface area contributed by atoms with Gasteiger partial charge >= 0.3 is 5.97 Å². The maximum absolute atomic E-state index is 10.2. The van der Waals surface area contributed by atoms with Crippen molar-refractivity contribution < 1.29 is 9.90 Å². The van der Waals surface area contributed by atoms with Crippen LogP contribution in [0.25, 0.3) is 0 Å². The van der Waals surface area contributed by atoms with Crippen LogP contribution < -0.4 is 5.32 Å². The molecule has 0 amide bonds. The predicted octanol–water partition coefficient (Wildman–Crippen LogP) is 1.44. The van der Waals surface area contributed by atoms with Crippen molar-refractivity contribution in [3.63, 3.8) is 0 Å². The summed E-state index contributed by atoms with van der Waals surface area (Å²) >= 11 is 1.84. The molecule has 0 aliphatic heterocycles. The zero-order chi connectivity index (χ0) is 10.1. The first-order chi connectivity index (χ1) is 6.16. The van der Waals surface area contributed by atoms with Gasteiger partial charge in [-0.05, 0) is 37.4 Å². The Morgan fingerprint density at radius 2 is 2.31 bits per heavy atom. The van der Waals surface area contributed by atoms with Crippen LogP contribution in [0.4, 0.5) is 0 Å². The van der Waals surface area contributed by atoms with Crippen molar-refractivity contribution in [1.82, 2.24) is 5.32 Å². The van der Waals surface area contributed by atoms with Crippen molar-refractivity contribution in [2.24, 2.45) is 5.92 Å². The molecule has 13 heavy (non-hydrogen) atoms. The fourth-order valence-electron chi connectivity index (χ4n) is 1.06. The highest BCUT2D eigenvalue weighted by molar-refractivity contribution is 7.98. The summed E-state index contributed by atoms with van der Waals surface area (Å²) in [5.41, 5.74) is 0. The molecule has 0 fully saturated rings. The van der Waals surface area contributed by atoms with Gasteiger partial charge in [-0.2, -0.15) is 11.8 Å². The lowest BCUT2D eigenvalue weighted by Crippen LogP contribution is -2.23. The summed E-state index contributed by atoms with van der Waals surface area (Å²) in [7, 11) is 0. The fourth-order valence-corrected chi connectivity index (χ4v) is 1.74. The van der Waals surface area contributed by atoms with E-state index in [1.54, 1.807) is 0 Å². The van der Waals surface area contributed by atoms with Crippen molar-refractivity contribution in [3.05, 3.63) is 0 Å². The van der Waals surface area contributed by atoms with Crippen LogP contribution >= 0.6 is 11.8 Å². The van der Waals surface area contributed by atoms with Crippen LogP contribution in [0.1, 0.15) is 19.8 Å². The molecule has 0 aromatic rings. The second kappa shape index (κ2) is 8.38. The van der Waals surface area contributed by atoms with Gasteiger partial charge < -0.3 is 10.4 Å². The molecule has 0 aliphatic rings. The molecule has 0 aromatic carbocycles. The fraction of sp³-hybridized carbons (Fsp3) is 0.889. The Labute approximate surface area is 84.3 Å². The SMILES string of the molecule is CSCC(C)CNCCCC(=O)O. The number of hydrogen-bond acceptors (Lipinski definition) is 3. The zero-order valence-corrected chi connectivity index (χ0v) is 9.19. The molecule has 0 rings (SSSR count). The molecule has 0 radical (unpaired) electrons. The van der Waals surface area contributed by atoms with Crippen LogP contribution in [-0.4, -0.2) is 36.2 Å². The number of thioether (sulfide) groups is 1. The van der Waals surface area contributed by atoms with E-state index in [1.165, 1.54) is 0 Å². The molecule has 0 aliphatic carbocycles. The van der Waals surface area contributed by atoms with Gasteiger partial charge in [0.1, 0.15) is 0 Å². The van der Waals surface area contributed by atoms with Crippen molar-refractivity contribution in [1.29, 1.82) is 0 Å². The van der Waals surface area contributed by atoms with Gasteiger partial charge in [-0.25, -0.2) is 0 Å². The molecule has 0 bridgehead atoms. The highest BCUT2D eigenvalue weighted by Crippen LogP contribution is 2.02. The summed E-state index contributed by atoms with van der Waals surface area (Å²) in [5.74, 6) is 1.12. The Hall–Kier alpha value is -0.220. The number of aliphatic carboxylic acids is 1. The largest absolute Gasteiger partial charge is 0.481 e. The highest BCUT2D eigenvalue weighted by atomic mass is 32.2. The molecule has 1 atom stereocenters. The third-order valence-corrected chi connectivity index (χ3v) is 2.59. The molecule has 0 saturated heterocycles. The van der Waals surface area contributed by atoms with Crippen LogP contribution in [0.5, 0.6) is 0 Å². The van der Waals surface area contributed by atoms with E-state index in [0.29, 0.717) is 5.92 Å². The van der Waals surface area contributed by atoms with Crippen molar-refractivity contribution in [2.75, 3.05) is 25.1 Å². The molecule has 2 N–H and O–H groups in total. The maximum atomic E-state index is 10.2. The zero-order valence-electron chi connectivity index (χ0n) is 8.38. The second-order valence-corrected chi connectivity index (χ2v) is 4.17. The van der Waals surface area contributed by atoms with E-state index in [4.69, 9.17) is 5.11 Å². The number of carboxylic acids is 1. The van der Waals surface area contributed by atoms with Crippen molar-refractivity contribution in [3.8, 4) is 0 Å². The minimum absolute atomic E-state index is 0.268. The van der Waals surface area contributed by atoms with Crippen LogP contribution in [-0.2, 0) is 4.79 Å². The maximum Gasteiger partial charge on any atom is 0.303 e. The number of hydrogen-bond donors (Lipinski definition) is 2. The smallest absolute Gasteiger partial charge is 0.303 e. The normalized spacial score (nSPS) is 12.8. The van der Waals surface area contributed by atoms with E-state index in [0.717, 1.165) is 25.3 Å². The molecule has 0 heterocycles. The van der Waals surface area contributed by atoms with Gasteiger partial charge in [-0.1, -0.05) is 6.92 Å². The van der Waals surface area contributed by atoms with E-state index < -0.39 is 5.97 Å².